The Morgan fingerprint density at radius 3 is 3.08 bits per heavy atom. The van der Waals surface area contributed by atoms with E-state index in [2.05, 4.69) is 5.32 Å². The van der Waals surface area contributed by atoms with E-state index in [1.807, 2.05) is 0 Å². The molecule has 0 spiro atoms. The van der Waals surface area contributed by atoms with Gasteiger partial charge in [0.25, 0.3) is 5.91 Å². The zero-order valence-electron chi connectivity index (χ0n) is 7.45. The van der Waals surface area contributed by atoms with E-state index < -0.39 is 0 Å². The summed E-state index contributed by atoms with van der Waals surface area (Å²) in [5.74, 6) is -0.201. The minimum absolute atomic E-state index is 0.0973. The Kier molecular flexibility index (Phi) is 3.57. The average molecular weight is 187 g/mol. The van der Waals surface area contributed by atoms with Crippen LogP contribution in [-0.2, 0) is 14.3 Å². The Morgan fingerprint density at radius 2 is 2.54 bits per heavy atom. The van der Waals surface area contributed by atoms with Gasteiger partial charge in [0.05, 0.1) is 6.61 Å². The molecule has 1 heterocycles. The summed E-state index contributed by atoms with van der Waals surface area (Å²) in [7, 11) is 0. The number of rotatable bonds is 3. The molecule has 0 bridgehead atoms. The van der Waals surface area contributed by atoms with Gasteiger partial charge in [0, 0.05) is 6.04 Å². The van der Waals surface area contributed by atoms with Gasteiger partial charge >= 0.3 is 0 Å². The van der Waals surface area contributed by atoms with E-state index in [0.29, 0.717) is 13.2 Å². The summed E-state index contributed by atoms with van der Waals surface area (Å²) in [5.41, 5.74) is 0. The predicted molar refractivity (Wildman–Crippen MR) is 44.7 cm³/mol. The quantitative estimate of drug-likeness (QED) is 0.617. The minimum Gasteiger partial charge on any atom is -0.494 e. The standard InChI is InChI=1S/C8H13NO4/c1-6(4-10)9-8(11)7-5-12-2-3-13-7/h5-6,10H,2-4H2,1H3,(H,9,11). The molecule has 0 aromatic carbocycles. The lowest BCUT2D eigenvalue weighted by atomic mass is 10.3. The molecule has 0 aliphatic carbocycles. The van der Waals surface area contributed by atoms with Gasteiger partial charge in [-0.2, -0.15) is 0 Å². The van der Waals surface area contributed by atoms with Crippen molar-refractivity contribution in [1.82, 2.24) is 5.32 Å². The SMILES string of the molecule is CC(CO)NC(=O)C1=COCCO1. The van der Waals surface area contributed by atoms with Gasteiger partial charge in [0.15, 0.2) is 0 Å². The normalized spacial score (nSPS) is 17.8. The van der Waals surface area contributed by atoms with Crippen LogP contribution in [-0.4, -0.2) is 36.9 Å². The fourth-order valence-corrected chi connectivity index (χ4v) is 0.828. The fourth-order valence-electron chi connectivity index (χ4n) is 0.828. The number of aliphatic hydroxyl groups excluding tert-OH is 1. The zero-order valence-corrected chi connectivity index (χ0v) is 7.45. The lowest BCUT2D eigenvalue weighted by molar-refractivity contribution is -0.123. The molecule has 13 heavy (non-hydrogen) atoms. The number of hydrogen-bond donors (Lipinski definition) is 2. The van der Waals surface area contributed by atoms with Crippen molar-refractivity contribution in [1.29, 1.82) is 0 Å². The summed E-state index contributed by atoms with van der Waals surface area (Å²) in [6.07, 6.45) is 1.28. The molecule has 1 aliphatic rings. The number of carbonyl (C=O) groups excluding carboxylic acids is 1. The first-order valence-electron chi connectivity index (χ1n) is 4.10. The van der Waals surface area contributed by atoms with Crippen molar-refractivity contribution >= 4 is 5.91 Å². The first kappa shape index (κ1) is 9.85. The second kappa shape index (κ2) is 4.71. The maximum Gasteiger partial charge on any atom is 0.289 e. The van der Waals surface area contributed by atoms with E-state index in [-0.39, 0.29) is 24.3 Å². The lowest BCUT2D eigenvalue weighted by Gasteiger charge is -2.16. The van der Waals surface area contributed by atoms with E-state index in [1.165, 1.54) is 6.26 Å². The first-order chi connectivity index (χ1) is 6.24. The van der Waals surface area contributed by atoms with E-state index in [1.54, 1.807) is 6.92 Å². The third-order valence-corrected chi connectivity index (χ3v) is 1.52. The molecular formula is C8H13NO4. The van der Waals surface area contributed by atoms with Gasteiger partial charge in [-0.15, -0.1) is 0 Å². The summed E-state index contributed by atoms with van der Waals surface area (Å²) < 4.78 is 9.94. The van der Waals surface area contributed by atoms with Crippen molar-refractivity contribution in [2.45, 2.75) is 13.0 Å². The Bertz CT molecular complexity index is 214. The van der Waals surface area contributed by atoms with Crippen molar-refractivity contribution in [3.63, 3.8) is 0 Å². The van der Waals surface area contributed by atoms with Gasteiger partial charge in [0.2, 0.25) is 5.76 Å². The molecule has 2 N–H and O–H groups in total. The van der Waals surface area contributed by atoms with E-state index in [9.17, 15) is 4.79 Å². The second-order valence-electron chi connectivity index (χ2n) is 2.76. The third-order valence-electron chi connectivity index (χ3n) is 1.52. The molecule has 74 valence electrons. The van der Waals surface area contributed by atoms with Gasteiger partial charge in [-0.1, -0.05) is 0 Å². The van der Waals surface area contributed by atoms with Crippen molar-refractivity contribution < 1.29 is 19.4 Å². The summed E-state index contributed by atoms with van der Waals surface area (Å²) >= 11 is 0. The summed E-state index contributed by atoms with van der Waals surface area (Å²) in [6.45, 7) is 2.45. The smallest absolute Gasteiger partial charge is 0.289 e. The Hall–Kier alpha value is -1.23. The van der Waals surface area contributed by atoms with Crippen LogP contribution in [0, 0.1) is 0 Å². The number of nitrogens with one attached hydrogen (secondary N) is 1. The maximum absolute atomic E-state index is 11.3. The minimum atomic E-state index is -0.360. The Balaban J connectivity index is 2.42. The summed E-state index contributed by atoms with van der Waals surface area (Å²) in [4.78, 5) is 11.3. The molecule has 5 heteroatoms. The number of ether oxygens (including phenoxy) is 2. The molecule has 0 aromatic rings. The first-order valence-corrected chi connectivity index (χ1v) is 4.10. The molecule has 0 aromatic heterocycles. The predicted octanol–water partition coefficient (Wildman–Crippen LogP) is -0.628. The van der Waals surface area contributed by atoms with Crippen LogP contribution in [0.1, 0.15) is 6.92 Å². The summed E-state index contributed by atoms with van der Waals surface area (Å²) in [6, 6.07) is -0.279. The van der Waals surface area contributed by atoms with Crippen LogP contribution >= 0.6 is 0 Å². The zero-order chi connectivity index (χ0) is 9.68. The highest BCUT2D eigenvalue weighted by molar-refractivity contribution is 5.91. The highest BCUT2D eigenvalue weighted by atomic mass is 16.6. The van der Waals surface area contributed by atoms with E-state index in [4.69, 9.17) is 14.6 Å². The van der Waals surface area contributed by atoms with Gasteiger partial charge < -0.3 is 19.9 Å². The monoisotopic (exact) mass is 187 g/mol. The molecular weight excluding hydrogens is 174 g/mol. The van der Waals surface area contributed by atoms with Gasteiger partial charge in [0.1, 0.15) is 19.5 Å². The second-order valence-corrected chi connectivity index (χ2v) is 2.76. The summed E-state index contributed by atoms with van der Waals surface area (Å²) in [5, 5.41) is 11.2. The van der Waals surface area contributed by atoms with Crippen LogP contribution in [0.25, 0.3) is 0 Å². The van der Waals surface area contributed by atoms with Crippen LogP contribution < -0.4 is 5.32 Å². The largest absolute Gasteiger partial charge is 0.494 e. The number of carbonyl (C=O) groups is 1. The number of aliphatic hydroxyl groups is 1. The number of amides is 1. The highest BCUT2D eigenvalue weighted by Gasteiger charge is 2.16. The molecule has 1 amide bonds. The maximum atomic E-state index is 11.3. The molecule has 1 rings (SSSR count). The van der Waals surface area contributed by atoms with E-state index in [0.717, 1.165) is 0 Å². The Labute approximate surface area is 76.3 Å². The van der Waals surface area contributed by atoms with Crippen molar-refractivity contribution in [3.8, 4) is 0 Å². The van der Waals surface area contributed by atoms with Gasteiger partial charge in [-0.3, -0.25) is 4.79 Å². The molecule has 1 atom stereocenters. The van der Waals surface area contributed by atoms with Crippen LogP contribution in [0.4, 0.5) is 0 Å². The van der Waals surface area contributed by atoms with Crippen molar-refractivity contribution in [2.75, 3.05) is 19.8 Å². The molecule has 1 unspecified atom stereocenters. The van der Waals surface area contributed by atoms with Gasteiger partial charge in [-0.25, -0.2) is 0 Å². The van der Waals surface area contributed by atoms with Crippen LogP contribution in [0.15, 0.2) is 12.0 Å². The molecule has 0 radical (unpaired) electrons. The molecule has 5 nitrogen and oxygen atoms in total. The fraction of sp³-hybridized carbons (Fsp3) is 0.625. The lowest BCUT2D eigenvalue weighted by Crippen LogP contribution is -2.37. The van der Waals surface area contributed by atoms with Crippen molar-refractivity contribution in [3.05, 3.63) is 12.0 Å². The topological polar surface area (TPSA) is 67.8 Å². The van der Waals surface area contributed by atoms with Crippen molar-refractivity contribution in [2.24, 2.45) is 0 Å². The average Bonchev–Trinajstić information content (AvgIpc) is 2.19. The Morgan fingerprint density at radius 1 is 1.77 bits per heavy atom. The molecule has 0 saturated heterocycles. The van der Waals surface area contributed by atoms with E-state index >= 15 is 0 Å². The van der Waals surface area contributed by atoms with Crippen LogP contribution in [0.2, 0.25) is 0 Å². The third kappa shape index (κ3) is 2.95. The van der Waals surface area contributed by atoms with Crippen LogP contribution in [0.5, 0.6) is 0 Å². The molecule has 0 fully saturated rings. The van der Waals surface area contributed by atoms with Crippen LogP contribution in [0.3, 0.4) is 0 Å². The highest BCUT2D eigenvalue weighted by Crippen LogP contribution is 2.03. The number of hydrogen-bond acceptors (Lipinski definition) is 4. The molecule has 1 aliphatic heterocycles. The van der Waals surface area contributed by atoms with Gasteiger partial charge in [-0.05, 0) is 6.92 Å². The molecule has 0 saturated carbocycles.